The fourth-order valence-electron chi connectivity index (χ4n) is 1.45. The topological polar surface area (TPSA) is 48.0 Å². The molecule has 2 fully saturated rings. The molecule has 0 bridgehead atoms. The third-order valence-corrected chi connectivity index (χ3v) is 2.89. The molecule has 2 rings (SSSR count). The van der Waals surface area contributed by atoms with E-state index >= 15 is 0 Å². The molecule has 2 aliphatic rings. The Kier molecular flexibility index (Phi) is 6.35. The number of hydrogen-bond acceptors (Lipinski definition) is 5. The smallest absolute Gasteiger partial charge is 0.305 e. The van der Waals surface area contributed by atoms with Crippen LogP contribution in [0.2, 0.25) is 0 Å². The molecule has 2 heterocycles. The van der Waals surface area contributed by atoms with Gasteiger partial charge >= 0.3 is 11.4 Å². The zero-order chi connectivity index (χ0) is 11.1. The van der Waals surface area contributed by atoms with Crippen molar-refractivity contribution in [2.75, 3.05) is 39.5 Å². The maximum Gasteiger partial charge on any atom is 0.305 e. The highest BCUT2D eigenvalue weighted by Gasteiger charge is 2.26. The van der Waals surface area contributed by atoms with Gasteiger partial charge in [-0.15, -0.1) is 0 Å². The van der Waals surface area contributed by atoms with Crippen LogP contribution >= 0.6 is 0 Å². The molecule has 2 saturated heterocycles. The summed E-state index contributed by atoms with van der Waals surface area (Å²) < 4.78 is 25.8. The second-order valence-electron chi connectivity index (χ2n) is 3.12. The SMILES string of the molecule is CC.O=S1OCC(CN2CCOCC2)O1. The first kappa shape index (κ1) is 13.1. The lowest BCUT2D eigenvalue weighted by Crippen LogP contribution is -2.41. The number of ether oxygens (including phenoxy) is 1. The quantitative estimate of drug-likeness (QED) is 0.693. The monoisotopic (exact) mass is 237 g/mol. The van der Waals surface area contributed by atoms with Crippen molar-refractivity contribution in [3.05, 3.63) is 0 Å². The Balaban J connectivity index is 0.000000531. The number of rotatable bonds is 2. The van der Waals surface area contributed by atoms with E-state index in [9.17, 15) is 4.21 Å². The Hall–Kier alpha value is -0.0100. The van der Waals surface area contributed by atoms with Crippen LogP contribution < -0.4 is 0 Å². The third kappa shape index (κ3) is 4.56. The highest BCUT2D eigenvalue weighted by molar-refractivity contribution is 7.75. The second-order valence-corrected chi connectivity index (χ2v) is 3.96. The molecule has 0 aromatic heterocycles. The van der Waals surface area contributed by atoms with Gasteiger partial charge in [0.1, 0.15) is 6.10 Å². The molecule has 0 radical (unpaired) electrons. The molecule has 0 aromatic rings. The van der Waals surface area contributed by atoms with Crippen molar-refractivity contribution in [3.8, 4) is 0 Å². The summed E-state index contributed by atoms with van der Waals surface area (Å²) in [6.45, 7) is 8.62. The number of hydrogen-bond donors (Lipinski definition) is 0. The van der Waals surface area contributed by atoms with Crippen LogP contribution in [0.4, 0.5) is 0 Å². The fourth-order valence-corrected chi connectivity index (χ4v) is 2.11. The minimum atomic E-state index is -1.52. The summed E-state index contributed by atoms with van der Waals surface area (Å²) in [5.74, 6) is 0. The molecule has 0 aliphatic carbocycles. The molecule has 90 valence electrons. The van der Waals surface area contributed by atoms with E-state index < -0.39 is 11.4 Å². The minimum absolute atomic E-state index is 0.0427. The van der Waals surface area contributed by atoms with Gasteiger partial charge in [-0.05, 0) is 0 Å². The van der Waals surface area contributed by atoms with Gasteiger partial charge in [0, 0.05) is 19.6 Å². The molecule has 0 aromatic carbocycles. The fraction of sp³-hybridized carbons (Fsp3) is 1.00. The molecule has 0 spiro atoms. The summed E-state index contributed by atoms with van der Waals surface area (Å²) in [7, 11) is 0. The Bertz CT molecular complexity index is 197. The predicted molar refractivity (Wildman–Crippen MR) is 57.6 cm³/mol. The predicted octanol–water partition coefficient (Wildman–Crippen LogP) is 0.339. The van der Waals surface area contributed by atoms with Crippen LogP contribution in [-0.4, -0.2) is 54.7 Å². The van der Waals surface area contributed by atoms with Crippen LogP contribution in [0.5, 0.6) is 0 Å². The lowest BCUT2D eigenvalue weighted by Gasteiger charge is -2.27. The average Bonchev–Trinajstić information content (AvgIpc) is 2.68. The molecular formula is C9H19NO4S. The second kappa shape index (κ2) is 7.29. The van der Waals surface area contributed by atoms with E-state index in [1.165, 1.54) is 0 Å². The van der Waals surface area contributed by atoms with Gasteiger partial charge in [-0.2, -0.15) is 4.21 Å². The van der Waals surface area contributed by atoms with Gasteiger partial charge in [-0.3, -0.25) is 13.3 Å². The largest absolute Gasteiger partial charge is 0.379 e. The molecule has 2 aliphatic heterocycles. The summed E-state index contributed by atoms with van der Waals surface area (Å²) in [5.41, 5.74) is 0. The Labute approximate surface area is 93.5 Å². The molecule has 15 heavy (non-hydrogen) atoms. The molecule has 0 N–H and O–H groups in total. The van der Waals surface area contributed by atoms with E-state index in [2.05, 4.69) is 4.90 Å². The van der Waals surface area contributed by atoms with E-state index in [0.717, 1.165) is 32.8 Å². The maximum absolute atomic E-state index is 10.7. The number of morpholine rings is 1. The normalized spacial score (nSPS) is 32.1. The van der Waals surface area contributed by atoms with Crippen LogP contribution in [0.3, 0.4) is 0 Å². The minimum Gasteiger partial charge on any atom is -0.379 e. The van der Waals surface area contributed by atoms with E-state index in [-0.39, 0.29) is 6.10 Å². The molecule has 2 unspecified atom stereocenters. The van der Waals surface area contributed by atoms with E-state index in [0.29, 0.717) is 6.61 Å². The van der Waals surface area contributed by atoms with Crippen molar-refractivity contribution in [1.29, 1.82) is 0 Å². The van der Waals surface area contributed by atoms with Crippen molar-refractivity contribution in [1.82, 2.24) is 4.90 Å². The van der Waals surface area contributed by atoms with Gasteiger partial charge in [0.05, 0.1) is 19.8 Å². The zero-order valence-corrected chi connectivity index (χ0v) is 10.1. The Morgan fingerprint density at radius 2 is 2.00 bits per heavy atom. The third-order valence-electron chi connectivity index (χ3n) is 2.13. The van der Waals surface area contributed by atoms with Gasteiger partial charge in [0.25, 0.3) is 0 Å². The molecule has 0 saturated carbocycles. The highest BCUT2D eigenvalue weighted by Crippen LogP contribution is 2.10. The van der Waals surface area contributed by atoms with Crippen LogP contribution in [0, 0.1) is 0 Å². The summed E-state index contributed by atoms with van der Waals surface area (Å²) >= 11 is -1.52. The standard InChI is InChI=1S/C7H13NO4S.C2H6/c9-13-11-6-7(12-13)5-8-1-3-10-4-2-8;1-2/h7H,1-6H2;1-2H3. The molecule has 0 amide bonds. The van der Waals surface area contributed by atoms with Gasteiger partial charge in [0.2, 0.25) is 0 Å². The first-order valence-electron chi connectivity index (χ1n) is 5.37. The lowest BCUT2D eigenvalue weighted by atomic mass is 10.3. The van der Waals surface area contributed by atoms with Crippen molar-refractivity contribution in [2.45, 2.75) is 20.0 Å². The first-order valence-corrected chi connectivity index (χ1v) is 6.37. The van der Waals surface area contributed by atoms with E-state index in [4.69, 9.17) is 13.1 Å². The van der Waals surface area contributed by atoms with Crippen molar-refractivity contribution in [2.24, 2.45) is 0 Å². The van der Waals surface area contributed by atoms with Crippen LogP contribution in [0.25, 0.3) is 0 Å². The highest BCUT2D eigenvalue weighted by atomic mass is 32.2. The van der Waals surface area contributed by atoms with Crippen LogP contribution in [-0.2, 0) is 24.5 Å². The molecule has 6 heteroatoms. The summed E-state index contributed by atoms with van der Waals surface area (Å²) in [6.07, 6.45) is -0.0427. The zero-order valence-electron chi connectivity index (χ0n) is 9.31. The maximum atomic E-state index is 10.7. The average molecular weight is 237 g/mol. The van der Waals surface area contributed by atoms with E-state index in [1.807, 2.05) is 13.8 Å². The molecule has 5 nitrogen and oxygen atoms in total. The summed E-state index contributed by atoms with van der Waals surface area (Å²) in [5, 5.41) is 0. The van der Waals surface area contributed by atoms with Crippen LogP contribution in [0.1, 0.15) is 13.8 Å². The van der Waals surface area contributed by atoms with Gasteiger partial charge in [-0.1, -0.05) is 13.8 Å². The molecule has 2 atom stereocenters. The van der Waals surface area contributed by atoms with Gasteiger partial charge < -0.3 is 4.74 Å². The summed E-state index contributed by atoms with van der Waals surface area (Å²) in [4.78, 5) is 2.24. The molecular weight excluding hydrogens is 218 g/mol. The van der Waals surface area contributed by atoms with E-state index in [1.54, 1.807) is 0 Å². The summed E-state index contributed by atoms with van der Waals surface area (Å²) in [6, 6.07) is 0. The van der Waals surface area contributed by atoms with Crippen molar-refractivity contribution < 1.29 is 17.3 Å². The van der Waals surface area contributed by atoms with Gasteiger partial charge in [-0.25, -0.2) is 0 Å². The van der Waals surface area contributed by atoms with Crippen molar-refractivity contribution in [3.63, 3.8) is 0 Å². The Morgan fingerprint density at radius 3 is 2.53 bits per heavy atom. The van der Waals surface area contributed by atoms with Gasteiger partial charge in [0.15, 0.2) is 0 Å². The Morgan fingerprint density at radius 1 is 1.33 bits per heavy atom. The van der Waals surface area contributed by atoms with Crippen molar-refractivity contribution >= 4 is 11.4 Å². The number of nitrogens with zero attached hydrogens (tertiary/aromatic N) is 1. The lowest BCUT2D eigenvalue weighted by molar-refractivity contribution is 0.0225. The first-order chi connectivity index (χ1) is 7.34. The van der Waals surface area contributed by atoms with Crippen LogP contribution in [0.15, 0.2) is 0 Å².